The third kappa shape index (κ3) is 3.11. The highest BCUT2D eigenvalue weighted by Gasteiger charge is 2.38. The van der Waals surface area contributed by atoms with Crippen LogP contribution in [0.3, 0.4) is 0 Å². The van der Waals surface area contributed by atoms with Gasteiger partial charge < -0.3 is 5.32 Å². The van der Waals surface area contributed by atoms with Crippen LogP contribution in [0.25, 0.3) is 0 Å². The predicted molar refractivity (Wildman–Crippen MR) is 68.6 cm³/mol. The Balaban J connectivity index is 1.98. The molecule has 0 aromatic carbocycles. The van der Waals surface area contributed by atoms with Gasteiger partial charge in [-0.2, -0.15) is 10.4 Å². The van der Waals surface area contributed by atoms with E-state index in [1.807, 2.05) is 0 Å². The van der Waals surface area contributed by atoms with E-state index in [4.69, 9.17) is 0 Å². The molecule has 19 heavy (non-hydrogen) atoms. The van der Waals surface area contributed by atoms with Gasteiger partial charge in [0.25, 0.3) is 0 Å². The van der Waals surface area contributed by atoms with E-state index < -0.39 is 5.41 Å². The zero-order valence-corrected chi connectivity index (χ0v) is 11.2. The van der Waals surface area contributed by atoms with E-state index in [1.165, 1.54) is 0 Å². The lowest BCUT2D eigenvalue weighted by Crippen LogP contribution is -2.39. The molecule has 0 saturated heterocycles. The Morgan fingerprint density at radius 2 is 2.16 bits per heavy atom. The summed E-state index contributed by atoms with van der Waals surface area (Å²) in [4.78, 5) is 16.3. The maximum absolute atomic E-state index is 12.3. The van der Waals surface area contributed by atoms with E-state index in [1.54, 1.807) is 18.1 Å². The van der Waals surface area contributed by atoms with Crippen molar-refractivity contribution < 1.29 is 4.79 Å². The first kappa shape index (κ1) is 13.5. The van der Waals surface area contributed by atoms with E-state index in [2.05, 4.69) is 21.5 Å². The molecule has 0 spiro atoms. The average Bonchev–Trinajstić information content (AvgIpc) is 2.69. The van der Waals surface area contributed by atoms with Crippen LogP contribution in [0.5, 0.6) is 0 Å². The van der Waals surface area contributed by atoms with Gasteiger partial charge in [-0.25, -0.2) is 4.98 Å². The van der Waals surface area contributed by atoms with Gasteiger partial charge in [-0.05, 0) is 12.8 Å². The number of aromatic nitrogens is 3. The largest absolute Gasteiger partial charge is 0.347 e. The van der Waals surface area contributed by atoms with Crippen molar-refractivity contribution in [3.05, 3.63) is 12.2 Å². The first-order valence-electron chi connectivity index (χ1n) is 6.70. The van der Waals surface area contributed by atoms with Crippen LogP contribution in [0.2, 0.25) is 0 Å². The quantitative estimate of drug-likeness (QED) is 0.831. The molecule has 102 valence electrons. The van der Waals surface area contributed by atoms with Gasteiger partial charge in [0.2, 0.25) is 5.91 Å². The maximum atomic E-state index is 12.3. The number of hydrogen-bond acceptors (Lipinski definition) is 4. The zero-order valence-electron chi connectivity index (χ0n) is 11.2. The number of nitrogens with zero attached hydrogens (tertiary/aromatic N) is 4. The third-order valence-electron chi connectivity index (χ3n) is 3.66. The molecule has 2 rings (SSSR count). The maximum Gasteiger partial charge on any atom is 0.240 e. The normalized spacial score (nSPS) is 18.3. The number of rotatable bonds is 3. The van der Waals surface area contributed by atoms with Gasteiger partial charge in [-0.1, -0.05) is 25.7 Å². The van der Waals surface area contributed by atoms with Crippen LogP contribution < -0.4 is 5.32 Å². The van der Waals surface area contributed by atoms with Crippen molar-refractivity contribution in [2.75, 3.05) is 0 Å². The second-order valence-corrected chi connectivity index (χ2v) is 5.13. The smallest absolute Gasteiger partial charge is 0.240 e. The van der Waals surface area contributed by atoms with Gasteiger partial charge in [0.1, 0.15) is 11.7 Å². The number of hydrogen-bond donors (Lipinski definition) is 1. The van der Waals surface area contributed by atoms with Gasteiger partial charge in [-0.15, -0.1) is 0 Å². The fourth-order valence-electron chi connectivity index (χ4n) is 2.52. The van der Waals surface area contributed by atoms with E-state index in [0.717, 1.165) is 25.7 Å². The van der Waals surface area contributed by atoms with Crippen LogP contribution in [0, 0.1) is 16.7 Å². The number of nitrogens with one attached hydrogen (secondary N) is 1. The summed E-state index contributed by atoms with van der Waals surface area (Å²) in [6.07, 6.45) is 7.02. The van der Waals surface area contributed by atoms with Gasteiger partial charge in [0, 0.05) is 7.05 Å². The standard InChI is InChI=1S/C13H19N5O/c1-18-10-16-11(17-18)8-15-12(19)13(9-14)6-4-2-3-5-7-13/h10H,2-8H2,1H3,(H,15,19). The SMILES string of the molecule is Cn1cnc(CNC(=O)C2(C#N)CCCCCC2)n1. The van der Waals surface area contributed by atoms with Crippen molar-refractivity contribution in [3.8, 4) is 6.07 Å². The van der Waals surface area contributed by atoms with Gasteiger partial charge in [-0.3, -0.25) is 9.48 Å². The van der Waals surface area contributed by atoms with Crippen molar-refractivity contribution in [1.82, 2.24) is 20.1 Å². The van der Waals surface area contributed by atoms with Crippen LogP contribution in [0.15, 0.2) is 6.33 Å². The van der Waals surface area contributed by atoms with Gasteiger partial charge >= 0.3 is 0 Å². The van der Waals surface area contributed by atoms with Crippen molar-refractivity contribution in [1.29, 1.82) is 5.26 Å². The minimum absolute atomic E-state index is 0.177. The molecule has 1 aromatic rings. The van der Waals surface area contributed by atoms with Gasteiger partial charge in [0.15, 0.2) is 5.82 Å². The van der Waals surface area contributed by atoms with Crippen LogP contribution in [-0.4, -0.2) is 20.7 Å². The molecule has 1 saturated carbocycles. The Kier molecular flexibility index (Phi) is 4.15. The lowest BCUT2D eigenvalue weighted by Gasteiger charge is -2.23. The van der Waals surface area contributed by atoms with Crippen LogP contribution in [0.1, 0.15) is 44.3 Å². The monoisotopic (exact) mass is 261 g/mol. The predicted octanol–water partition coefficient (Wildman–Crippen LogP) is 1.30. The molecule has 0 radical (unpaired) electrons. The summed E-state index contributed by atoms with van der Waals surface area (Å²) in [5.41, 5.74) is -0.856. The van der Waals surface area contributed by atoms with Crippen LogP contribution >= 0.6 is 0 Å². The highest BCUT2D eigenvalue weighted by molar-refractivity contribution is 5.85. The van der Waals surface area contributed by atoms with Gasteiger partial charge in [0.05, 0.1) is 12.6 Å². The van der Waals surface area contributed by atoms with E-state index in [9.17, 15) is 10.1 Å². The topological polar surface area (TPSA) is 83.6 Å². The van der Waals surface area contributed by atoms with Crippen molar-refractivity contribution >= 4 is 5.91 Å². The summed E-state index contributed by atoms with van der Waals surface area (Å²) in [5, 5.41) is 16.3. The lowest BCUT2D eigenvalue weighted by molar-refractivity contribution is -0.129. The molecule has 1 amide bonds. The highest BCUT2D eigenvalue weighted by Crippen LogP contribution is 2.34. The van der Waals surface area contributed by atoms with Crippen molar-refractivity contribution in [2.45, 2.75) is 45.1 Å². The second-order valence-electron chi connectivity index (χ2n) is 5.13. The molecular weight excluding hydrogens is 242 g/mol. The summed E-state index contributed by atoms with van der Waals surface area (Å²) < 4.78 is 1.59. The Morgan fingerprint density at radius 3 is 2.68 bits per heavy atom. The first-order valence-corrected chi connectivity index (χ1v) is 6.70. The molecule has 6 nitrogen and oxygen atoms in total. The molecule has 6 heteroatoms. The number of amides is 1. The highest BCUT2D eigenvalue weighted by atomic mass is 16.2. The Bertz CT molecular complexity index is 479. The molecule has 1 aromatic heterocycles. The molecule has 1 N–H and O–H groups in total. The third-order valence-corrected chi connectivity index (χ3v) is 3.66. The number of carbonyl (C=O) groups is 1. The summed E-state index contributed by atoms with van der Waals surface area (Å²) in [7, 11) is 1.78. The molecular formula is C13H19N5O. The fourth-order valence-corrected chi connectivity index (χ4v) is 2.52. The molecule has 0 atom stereocenters. The summed E-state index contributed by atoms with van der Waals surface area (Å²) in [5.74, 6) is 0.391. The number of aryl methyl sites for hydroxylation is 1. The summed E-state index contributed by atoms with van der Waals surface area (Å²) in [6, 6.07) is 2.24. The molecule has 0 bridgehead atoms. The minimum atomic E-state index is -0.856. The summed E-state index contributed by atoms with van der Waals surface area (Å²) in [6.45, 7) is 0.281. The zero-order chi connectivity index (χ0) is 13.7. The first-order chi connectivity index (χ1) is 9.16. The second kappa shape index (κ2) is 5.83. The molecule has 0 aliphatic heterocycles. The minimum Gasteiger partial charge on any atom is -0.347 e. The number of carbonyl (C=O) groups excluding carboxylic acids is 1. The average molecular weight is 261 g/mol. The van der Waals surface area contributed by atoms with Crippen LogP contribution in [0.4, 0.5) is 0 Å². The fraction of sp³-hybridized carbons (Fsp3) is 0.692. The molecule has 1 heterocycles. The van der Waals surface area contributed by atoms with E-state index in [-0.39, 0.29) is 12.5 Å². The molecule has 1 aliphatic rings. The van der Waals surface area contributed by atoms with E-state index in [0.29, 0.717) is 18.7 Å². The number of nitriles is 1. The summed E-state index contributed by atoms with van der Waals surface area (Å²) >= 11 is 0. The van der Waals surface area contributed by atoms with E-state index >= 15 is 0 Å². The Hall–Kier alpha value is -1.90. The molecule has 1 fully saturated rings. The van der Waals surface area contributed by atoms with Crippen LogP contribution in [-0.2, 0) is 18.4 Å². The molecule has 0 unspecified atom stereocenters. The molecule has 1 aliphatic carbocycles. The van der Waals surface area contributed by atoms with Crippen molar-refractivity contribution in [3.63, 3.8) is 0 Å². The van der Waals surface area contributed by atoms with Crippen molar-refractivity contribution in [2.24, 2.45) is 12.5 Å². The Morgan fingerprint density at radius 1 is 1.47 bits per heavy atom. The lowest BCUT2D eigenvalue weighted by atomic mass is 9.81. The Labute approximate surface area is 112 Å².